The largest absolute Gasteiger partial charge is 0.481 e. The van der Waals surface area contributed by atoms with Gasteiger partial charge in [-0.05, 0) is 18.6 Å². The second-order valence-electron chi connectivity index (χ2n) is 4.59. The summed E-state index contributed by atoms with van der Waals surface area (Å²) in [7, 11) is 1.58. The SMILES string of the molecule is COc1ncccc1CNCc1cccc([N+](=O)[O-])c1C. The van der Waals surface area contributed by atoms with E-state index in [4.69, 9.17) is 4.74 Å². The molecule has 2 rings (SSSR count). The third-order valence-corrected chi connectivity index (χ3v) is 3.29. The van der Waals surface area contributed by atoms with Gasteiger partial charge in [-0.1, -0.05) is 18.2 Å². The molecule has 2 aromatic rings. The first kappa shape index (κ1) is 14.9. The normalized spacial score (nSPS) is 10.4. The minimum absolute atomic E-state index is 0.147. The Labute approximate surface area is 122 Å². The summed E-state index contributed by atoms with van der Waals surface area (Å²) in [4.78, 5) is 14.7. The van der Waals surface area contributed by atoms with Crippen molar-refractivity contribution in [1.29, 1.82) is 0 Å². The van der Waals surface area contributed by atoms with E-state index >= 15 is 0 Å². The minimum Gasteiger partial charge on any atom is -0.481 e. The molecule has 1 aromatic carbocycles. The third-order valence-electron chi connectivity index (χ3n) is 3.29. The topological polar surface area (TPSA) is 77.3 Å². The summed E-state index contributed by atoms with van der Waals surface area (Å²) in [6, 6.07) is 8.88. The molecule has 0 atom stereocenters. The average Bonchev–Trinajstić information content (AvgIpc) is 2.49. The van der Waals surface area contributed by atoms with Gasteiger partial charge in [-0.2, -0.15) is 0 Å². The minimum atomic E-state index is -0.358. The van der Waals surface area contributed by atoms with E-state index in [1.165, 1.54) is 6.07 Å². The van der Waals surface area contributed by atoms with Crippen LogP contribution >= 0.6 is 0 Å². The number of nitro groups is 1. The van der Waals surface area contributed by atoms with Crippen LogP contribution in [0.15, 0.2) is 36.5 Å². The summed E-state index contributed by atoms with van der Waals surface area (Å²) in [6.45, 7) is 2.89. The quantitative estimate of drug-likeness (QED) is 0.652. The molecular weight excluding hydrogens is 270 g/mol. The lowest BCUT2D eigenvalue weighted by molar-refractivity contribution is -0.385. The molecule has 6 nitrogen and oxygen atoms in total. The highest BCUT2D eigenvalue weighted by molar-refractivity contribution is 5.44. The molecule has 0 bridgehead atoms. The number of hydrogen-bond donors (Lipinski definition) is 1. The zero-order valence-electron chi connectivity index (χ0n) is 12.0. The molecule has 6 heteroatoms. The van der Waals surface area contributed by atoms with Crippen LogP contribution in [0, 0.1) is 17.0 Å². The molecule has 1 aromatic heterocycles. The molecule has 110 valence electrons. The fraction of sp³-hybridized carbons (Fsp3) is 0.267. The lowest BCUT2D eigenvalue weighted by Crippen LogP contribution is -2.14. The molecule has 0 amide bonds. The number of nitro benzene ring substituents is 1. The summed E-state index contributed by atoms with van der Waals surface area (Å²) in [5.74, 6) is 0.584. The van der Waals surface area contributed by atoms with Crippen molar-refractivity contribution >= 4 is 5.69 Å². The van der Waals surface area contributed by atoms with Gasteiger partial charge >= 0.3 is 0 Å². The fourth-order valence-corrected chi connectivity index (χ4v) is 2.13. The molecule has 21 heavy (non-hydrogen) atoms. The van der Waals surface area contributed by atoms with E-state index < -0.39 is 0 Å². The predicted octanol–water partition coefficient (Wildman–Crippen LogP) is 2.60. The van der Waals surface area contributed by atoms with Gasteiger partial charge in [0.1, 0.15) is 0 Å². The fourth-order valence-electron chi connectivity index (χ4n) is 2.13. The van der Waals surface area contributed by atoms with Crippen LogP contribution in [0.1, 0.15) is 16.7 Å². The Balaban J connectivity index is 2.04. The third kappa shape index (κ3) is 3.55. The van der Waals surface area contributed by atoms with Gasteiger partial charge in [-0.3, -0.25) is 10.1 Å². The van der Waals surface area contributed by atoms with Crippen molar-refractivity contribution in [2.75, 3.05) is 7.11 Å². The van der Waals surface area contributed by atoms with Crippen molar-refractivity contribution < 1.29 is 9.66 Å². The predicted molar refractivity (Wildman–Crippen MR) is 79.2 cm³/mol. The highest BCUT2D eigenvalue weighted by Gasteiger charge is 2.12. The van der Waals surface area contributed by atoms with E-state index in [1.54, 1.807) is 26.3 Å². The van der Waals surface area contributed by atoms with E-state index in [-0.39, 0.29) is 10.6 Å². The van der Waals surface area contributed by atoms with Crippen LogP contribution in [-0.4, -0.2) is 17.0 Å². The van der Waals surface area contributed by atoms with Crippen molar-refractivity contribution in [2.45, 2.75) is 20.0 Å². The Morgan fingerprint density at radius 2 is 1.95 bits per heavy atom. The Kier molecular flexibility index (Phi) is 4.84. The number of ether oxygens (including phenoxy) is 1. The molecule has 0 aliphatic rings. The van der Waals surface area contributed by atoms with Gasteiger partial charge in [0.15, 0.2) is 0 Å². The number of benzene rings is 1. The zero-order valence-corrected chi connectivity index (χ0v) is 12.0. The summed E-state index contributed by atoms with van der Waals surface area (Å²) in [5.41, 5.74) is 2.69. The Hall–Kier alpha value is -2.47. The summed E-state index contributed by atoms with van der Waals surface area (Å²) < 4.78 is 5.18. The van der Waals surface area contributed by atoms with Gasteiger partial charge in [0.2, 0.25) is 5.88 Å². The molecule has 0 fully saturated rings. The summed E-state index contributed by atoms with van der Waals surface area (Å²) >= 11 is 0. The first-order chi connectivity index (χ1) is 10.1. The van der Waals surface area contributed by atoms with E-state index in [2.05, 4.69) is 10.3 Å². The Morgan fingerprint density at radius 1 is 1.24 bits per heavy atom. The first-order valence-electron chi connectivity index (χ1n) is 6.55. The lowest BCUT2D eigenvalue weighted by atomic mass is 10.1. The number of methoxy groups -OCH3 is 1. The van der Waals surface area contributed by atoms with E-state index in [1.807, 2.05) is 18.2 Å². The molecule has 0 aliphatic carbocycles. The number of nitrogens with one attached hydrogen (secondary N) is 1. The van der Waals surface area contributed by atoms with Crippen molar-refractivity contribution in [3.05, 3.63) is 63.3 Å². The monoisotopic (exact) mass is 287 g/mol. The number of pyridine rings is 1. The molecule has 0 saturated heterocycles. The molecular formula is C15H17N3O3. The van der Waals surface area contributed by atoms with Gasteiger partial charge in [-0.15, -0.1) is 0 Å². The van der Waals surface area contributed by atoms with Crippen LogP contribution in [0.5, 0.6) is 5.88 Å². The lowest BCUT2D eigenvalue weighted by Gasteiger charge is -2.10. The maximum atomic E-state index is 10.9. The van der Waals surface area contributed by atoms with E-state index in [0.717, 1.165) is 11.1 Å². The zero-order chi connectivity index (χ0) is 15.2. The molecule has 0 spiro atoms. The van der Waals surface area contributed by atoms with Gasteiger partial charge in [-0.25, -0.2) is 4.98 Å². The van der Waals surface area contributed by atoms with E-state index in [0.29, 0.717) is 24.5 Å². The second kappa shape index (κ2) is 6.81. The average molecular weight is 287 g/mol. The molecule has 0 aliphatic heterocycles. The number of aromatic nitrogens is 1. The van der Waals surface area contributed by atoms with Crippen LogP contribution in [0.2, 0.25) is 0 Å². The smallest absolute Gasteiger partial charge is 0.272 e. The molecule has 1 N–H and O–H groups in total. The maximum absolute atomic E-state index is 10.9. The first-order valence-corrected chi connectivity index (χ1v) is 6.55. The standard InChI is InChI=1S/C15H17N3O3/c1-11-12(5-3-7-14(11)18(19)20)9-16-10-13-6-4-8-17-15(13)21-2/h3-8,16H,9-10H2,1-2H3. The van der Waals surface area contributed by atoms with Crippen molar-refractivity contribution in [2.24, 2.45) is 0 Å². The maximum Gasteiger partial charge on any atom is 0.272 e. The highest BCUT2D eigenvalue weighted by Crippen LogP contribution is 2.21. The Morgan fingerprint density at radius 3 is 2.67 bits per heavy atom. The Bertz CT molecular complexity index is 644. The van der Waals surface area contributed by atoms with Crippen LogP contribution in [0.3, 0.4) is 0 Å². The van der Waals surface area contributed by atoms with Crippen LogP contribution in [0.25, 0.3) is 0 Å². The van der Waals surface area contributed by atoms with Crippen LogP contribution in [-0.2, 0) is 13.1 Å². The van der Waals surface area contributed by atoms with Gasteiger partial charge in [0.25, 0.3) is 5.69 Å². The second-order valence-corrected chi connectivity index (χ2v) is 4.59. The number of hydrogen-bond acceptors (Lipinski definition) is 5. The highest BCUT2D eigenvalue weighted by atomic mass is 16.6. The van der Waals surface area contributed by atoms with Gasteiger partial charge < -0.3 is 10.1 Å². The number of rotatable bonds is 6. The summed E-state index contributed by atoms with van der Waals surface area (Å²) in [5, 5.41) is 14.2. The number of nitrogens with zero attached hydrogens (tertiary/aromatic N) is 2. The van der Waals surface area contributed by atoms with E-state index in [9.17, 15) is 10.1 Å². The van der Waals surface area contributed by atoms with Crippen molar-refractivity contribution in [1.82, 2.24) is 10.3 Å². The van der Waals surface area contributed by atoms with Gasteiger partial charge in [0.05, 0.1) is 12.0 Å². The van der Waals surface area contributed by atoms with Crippen LogP contribution < -0.4 is 10.1 Å². The van der Waals surface area contributed by atoms with Crippen molar-refractivity contribution in [3.8, 4) is 5.88 Å². The van der Waals surface area contributed by atoms with Crippen molar-refractivity contribution in [3.63, 3.8) is 0 Å². The molecule has 1 heterocycles. The molecule has 0 unspecified atom stereocenters. The van der Waals surface area contributed by atoms with Gasteiger partial charge in [0, 0.05) is 36.5 Å². The summed E-state index contributed by atoms with van der Waals surface area (Å²) in [6.07, 6.45) is 1.67. The van der Waals surface area contributed by atoms with Crippen LogP contribution in [0.4, 0.5) is 5.69 Å². The molecule has 0 radical (unpaired) electrons. The molecule has 0 saturated carbocycles.